The molecule has 64 valence electrons. The quantitative estimate of drug-likeness (QED) is 0.628. The minimum Gasteiger partial charge on any atom is -0.0584 e. The van der Waals surface area contributed by atoms with E-state index in [0.717, 1.165) is 5.92 Å². The van der Waals surface area contributed by atoms with Gasteiger partial charge in [-0.15, -0.1) is 0 Å². The summed E-state index contributed by atoms with van der Waals surface area (Å²) in [5.74, 6) is 0.756. The second-order valence-corrected chi connectivity index (χ2v) is 4.55. The Labute approximate surface area is 82.1 Å². The van der Waals surface area contributed by atoms with Crippen LogP contribution < -0.4 is 0 Å². The van der Waals surface area contributed by atoms with Crippen LogP contribution in [0, 0.1) is 0 Å². The van der Waals surface area contributed by atoms with Crippen LogP contribution in [0.25, 0.3) is 0 Å². The van der Waals surface area contributed by atoms with Gasteiger partial charge in [0.15, 0.2) is 0 Å². The first-order valence-electron chi connectivity index (χ1n) is 4.55. The van der Waals surface area contributed by atoms with Gasteiger partial charge in [0.25, 0.3) is 0 Å². The number of benzene rings is 1. The van der Waals surface area contributed by atoms with E-state index < -0.39 is 0 Å². The van der Waals surface area contributed by atoms with E-state index in [4.69, 9.17) is 0 Å². The van der Waals surface area contributed by atoms with Crippen LogP contribution in [-0.2, 0) is 6.42 Å². The van der Waals surface area contributed by atoms with Gasteiger partial charge in [0.05, 0.1) is 0 Å². The van der Waals surface area contributed by atoms with E-state index in [2.05, 4.69) is 41.1 Å². The molecule has 0 nitrogen and oxygen atoms in total. The van der Waals surface area contributed by atoms with Crippen molar-refractivity contribution in [2.45, 2.75) is 32.1 Å². The third-order valence-corrected chi connectivity index (χ3v) is 3.22. The average Bonchev–Trinajstić information content (AvgIpc) is 2.07. The number of aryl methyl sites for hydroxylation is 1. The van der Waals surface area contributed by atoms with Crippen molar-refractivity contribution in [3.8, 4) is 0 Å². The van der Waals surface area contributed by atoms with E-state index in [0.29, 0.717) is 0 Å². The van der Waals surface area contributed by atoms with Crippen LogP contribution in [0.5, 0.6) is 0 Å². The van der Waals surface area contributed by atoms with E-state index in [1.165, 1.54) is 23.7 Å². The summed E-state index contributed by atoms with van der Waals surface area (Å²) in [6.07, 6.45) is 3.98. The lowest BCUT2D eigenvalue weighted by Crippen LogP contribution is -2.06. The summed E-state index contributed by atoms with van der Waals surface area (Å²) in [5.41, 5.74) is 3.10. The SMILES string of the molecule is CC1CCCc2ccc(Br)cc21. The zero-order chi connectivity index (χ0) is 8.55. The summed E-state index contributed by atoms with van der Waals surface area (Å²) >= 11 is 3.52. The number of hydrogen-bond acceptors (Lipinski definition) is 0. The van der Waals surface area contributed by atoms with Crippen molar-refractivity contribution < 1.29 is 0 Å². The molecule has 1 atom stereocenters. The molecule has 0 saturated carbocycles. The fraction of sp³-hybridized carbons (Fsp3) is 0.455. The summed E-state index contributed by atoms with van der Waals surface area (Å²) in [6, 6.07) is 6.69. The number of fused-ring (bicyclic) bond motifs is 1. The average molecular weight is 225 g/mol. The van der Waals surface area contributed by atoms with Gasteiger partial charge in [-0.1, -0.05) is 28.9 Å². The molecule has 0 aromatic heterocycles. The molecule has 12 heavy (non-hydrogen) atoms. The van der Waals surface area contributed by atoms with Crippen LogP contribution in [0.3, 0.4) is 0 Å². The van der Waals surface area contributed by atoms with Crippen LogP contribution in [-0.4, -0.2) is 0 Å². The Morgan fingerprint density at radius 2 is 2.25 bits per heavy atom. The summed E-state index contributed by atoms with van der Waals surface area (Å²) in [7, 11) is 0. The third kappa shape index (κ3) is 1.42. The smallest absolute Gasteiger partial charge is 0.0178 e. The van der Waals surface area contributed by atoms with Crippen molar-refractivity contribution in [2.75, 3.05) is 0 Å². The molecule has 0 amide bonds. The molecule has 1 unspecified atom stereocenters. The molecular formula is C11H13Br. The van der Waals surface area contributed by atoms with Crippen molar-refractivity contribution >= 4 is 15.9 Å². The van der Waals surface area contributed by atoms with Crippen molar-refractivity contribution in [3.63, 3.8) is 0 Å². The van der Waals surface area contributed by atoms with Crippen LogP contribution in [0.1, 0.15) is 36.8 Å². The highest BCUT2D eigenvalue weighted by atomic mass is 79.9. The Hall–Kier alpha value is -0.300. The highest BCUT2D eigenvalue weighted by molar-refractivity contribution is 9.10. The van der Waals surface area contributed by atoms with E-state index >= 15 is 0 Å². The van der Waals surface area contributed by atoms with Crippen molar-refractivity contribution in [1.29, 1.82) is 0 Å². The van der Waals surface area contributed by atoms with Crippen molar-refractivity contribution in [3.05, 3.63) is 33.8 Å². The molecule has 1 aromatic rings. The first kappa shape index (κ1) is 8.31. The van der Waals surface area contributed by atoms with E-state index in [-0.39, 0.29) is 0 Å². The van der Waals surface area contributed by atoms with Gasteiger partial charge >= 0.3 is 0 Å². The number of hydrogen-bond donors (Lipinski definition) is 0. The predicted octanol–water partition coefficient (Wildman–Crippen LogP) is 3.89. The normalized spacial score (nSPS) is 22.0. The van der Waals surface area contributed by atoms with Gasteiger partial charge in [0, 0.05) is 4.47 Å². The molecular weight excluding hydrogens is 212 g/mol. The lowest BCUT2D eigenvalue weighted by Gasteiger charge is -2.22. The first-order chi connectivity index (χ1) is 5.77. The highest BCUT2D eigenvalue weighted by Gasteiger charge is 2.15. The molecule has 0 aliphatic heterocycles. The van der Waals surface area contributed by atoms with Gasteiger partial charge in [-0.3, -0.25) is 0 Å². The summed E-state index contributed by atoms with van der Waals surface area (Å²) in [6.45, 7) is 2.32. The first-order valence-corrected chi connectivity index (χ1v) is 5.35. The van der Waals surface area contributed by atoms with Gasteiger partial charge < -0.3 is 0 Å². The molecule has 0 heterocycles. The molecule has 0 saturated heterocycles. The Kier molecular flexibility index (Phi) is 2.22. The molecule has 2 rings (SSSR count). The van der Waals surface area contributed by atoms with Gasteiger partial charge in [0.2, 0.25) is 0 Å². The Balaban J connectivity index is 2.47. The molecule has 0 radical (unpaired) electrons. The fourth-order valence-electron chi connectivity index (χ4n) is 2.01. The van der Waals surface area contributed by atoms with Crippen LogP contribution in [0.4, 0.5) is 0 Å². The standard InChI is InChI=1S/C11H13Br/c1-8-3-2-4-9-5-6-10(12)7-11(8)9/h5-8H,2-4H2,1H3. The lowest BCUT2D eigenvalue weighted by atomic mass is 9.84. The Morgan fingerprint density at radius 1 is 1.42 bits per heavy atom. The largest absolute Gasteiger partial charge is 0.0584 e. The predicted molar refractivity (Wildman–Crippen MR) is 55.5 cm³/mol. The molecule has 1 aromatic carbocycles. The van der Waals surface area contributed by atoms with Crippen LogP contribution in [0.2, 0.25) is 0 Å². The summed E-state index contributed by atoms with van der Waals surface area (Å²) in [4.78, 5) is 0. The Morgan fingerprint density at radius 3 is 3.08 bits per heavy atom. The molecule has 0 spiro atoms. The highest BCUT2D eigenvalue weighted by Crippen LogP contribution is 2.32. The van der Waals surface area contributed by atoms with E-state index in [1.807, 2.05) is 0 Å². The summed E-state index contributed by atoms with van der Waals surface area (Å²) in [5, 5.41) is 0. The summed E-state index contributed by atoms with van der Waals surface area (Å²) < 4.78 is 1.22. The molecule has 1 aliphatic carbocycles. The maximum Gasteiger partial charge on any atom is 0.0178 e. The van der Waals surface area contributed by atoms with Gasteiger partial charge in [0.1, 0.15) is 0 Å². The monoisotopic (exact) mass is 224 g/mol. The minimum absolute atomic E-state index is 0.756. The maximum absolute atomic E-state index is 3.52. The lowest BCUT2D eigenvalue weighted by molar-refractivity contribution is 0.590. The van der Waals surface area contributed by atoms with E-state index in [9.17, 15) is 0 Å². The topological polar surface area (TPSA) is 0 Å². The molecule has 0 fully saturated rings. The second kappa shape index (κ2) is 3.21. The van der Waals surface area contributed by atoms with Gasteiger partial charge in [-0.25, -0.2) is 0 Å². The van der Waals surface area contributed by atoms with Gasteiger partial charge in [-0.05, 0) is 48.4 Å². The third-order valence-electron chi connectivity index (χ3n) is 2.72. The minimum atomic E-state index is 0.756. The fourth-order valence-corrected chi connectivity index (χ4v) is 2.39. The molecule has 0 bridgehead atoms. The Bertz CT molecular complexity index is 291. The second-order valence-electron chi connectivity index (χ2n) is 3.64. The van der Waals surface area contributed by atoms with Crippen molar-refractivity contribution in [2.24, 2.45) is 0 Å². The van der Waals surface area contributed by atoms with Crippen molar-refractivity contribution in [1.82, 2.24) is 0 Å². The number of rotatable bonds is 0. The number of halogens is 1. The van der Waals surface area contributed by atoms with E-state index in [1.54, 1.807) is 11.1 Å². The maximum atomic E-state index is 3.52. The van der Waals surface area contributed by atoms with Crippen LogP contribution >= 0.6 is 15.9 Å². The zero-order valence-electron chi connectivity index (χ0n) is 7.31. The molecule has 1 heteroatoms. The van der Waals surface area contributed by atoms with Gasteiger partial charge in [-0.2, -0.15) is 0 Å². The zero-order valence-corrected chi connectivity index (χ0v) is 8.89. The molecule has 0 N–H and O–H groups in total. The molecule has 1 aliphatic rings. The van der Waals surface area contributed by atoms with Crippen LogP contribution in [0.15, 0.2) is 22.7 Å².